The van der Waals surface area contributed by atoms with Crippen LogP contribution in [-0.2, 0) is 0 Å². The predicted octanol–water partition coefficient (Wildman–Crippen LogP) is 3.46. The third-order valence-electron chi connectivity index (χ3n) is 4.62. The van der Waals surface area contributed by atoms with E-state index in [1.807, 2.05) is 0 Å². The van der Waals surface area contributed by atoms with Gasteiger partial charge in [0.15, 0.2) is 0 Å². The Morgan fingerprint density at radius 1 is 1.11 bits per heavy atom. The number of carbonyl (C=O) groups excluding carboxylic acids is 2. The topological polar surface area (TPSA) is 76.0 Å². The van der Waals surface area contributed by atoms with Crippen LogP contribution < -0.4 is 10.6 Å². The molecule has 0 aliphatic heterocycles. The summed E-state index contributed by atoms with van der Waals surface area (Å²) in [5.41, 5.74) is 2.73. The highest BCUT2D eigenvalue weighted by Gasteiger charge is 2.24. The maximum Gasteiger partial charge on any atom is 0.259 e. The van der Waals surface area contributed by atoms with Gasteiger partial charge < -0.3 is 10.6 Å². The lowest BCUT2D eigenvalue weighted by Gasteiger charge is -2.08. The minimum absolute atomic E-state index is 0.140. The predicted molar refractivity (Wildman–Crippen MR) is 103 cm³/mol. The number of anilines is 1. The molecule has 0 bridgehead atoms. The van der Waals surface area contributed by atoms with Crippen molar-refractivity contribution in [2.45, 2.75) is 25.8 Å². The average Bonchev–Trinajstić information content (AvgIpc) is 3.42. The van der Waals surface area contributed by atoms with Gasteiger partial charge in [-0.05, 0) is 62.2 Å². The maximum absolute atomic E-state index is 13.1. The van der Waals surface area contributed by atoms with Crippen molar-refractivity contribution in [3.63, 3.8) is 0 Å². The number of nitrogens with one attached hydrogen (secondary N) is 2. The van der Waals surface area contributed by atoms with Gasteiger partial charge in [-0.1, -0.05) is 6.07 Å². The molecule has 3 aromatic rings. The second-order valence-electron chi connectivity index (χ2n) is 6.81. The lowest BCUT2D eigenvalue weighted by Crippen LogP contribution is -2.25. The number of amides is 2. The Morgan fingerprint density at radius 2 is 1.86 bits per heavy atom. The maximum atomic E-state index is 13.1. The van der Waals surface area contributed by atoms with Crippen LogP contribution in [0.25, 0.3) is 5.69 Å². The number of hydrogen-bond acceptors (Lipinski definition) is 3. The average molecular weight is 378 g/mol. The van der Waals surface area contributed by atoms with E-state index in [1.54, 1.807) is 48.0 Å². The number of rotatable bonds is 5. The number of aromatic nitrogens is 2. The standard InChI is InChI=1S/C21H19FN4O2/c1-13-19(12-23-26(13)18-9-5-15(22)6-10-18)21(28)25-17-4-2-3-14(11-17)20(27)24-16-7-8-16/h2-6,9-12,16H,7-8H2,1H3,(H,24,27)(H,25,28). The summed E-state index contributed by atoms with van der Waals surface area (Å²) in [5, 5.41) is 9.96. The summed E-state index contributed by atoms with van der Waals surface area (Å²) in [4.78, 5) is 24.9. The fraction of sp³-hybridized carbons (Fsp3) is 0.190. The van der Waals surface area contributed by atoms with Crippen molar-refractivity contribution in [2.75, 3.05) is 5.32 Å². The molecule has 142 valence electrons. The fourth-order valence-corrected chi connectivity index (χ4v) is 2.91. The highest BCUT2D eigenvalue weighted by molar-refractivity contribution is 6.05. The zero-order valence-corrected chi connectivity index (χ0v) is 15.3. The van der Waals surface area contributed by atoms with Crippen LogP contribution in [0.4, 0.5) is 10.1 Å². The highest BCUT2D eigenvalue weighted by atomic mass is 19.1. The molecule has 1 heterocycles. The Balaban J connectivity index is 1.51. The van der Waals surface area contributed by atoms with Crippen molar-refractivity contribution >= 4 is 17.5 Å². The molecule has 1 fully saturated rings. The van der Waals surface area contributed by atoms with Gasteiger partial charge in [0.1, 0.15) is 5.82 Å². The number of hydrogen-bond donors (Lipinski definition) is 2. The molecule has 0 spiro atoms. The molecule has 0 atom stereocenters. The molecule has 28 heavy (non-hydrogen) atoms. The molecule has 0 radical (unpaired) electrons. The molecule has 7 heteroatoms. The van der Waals surface area contributed by atoms with Crippen LogP contribution in [0.1, 0.15) is 39.3 Å². The van der Waals surface area contributed by atoms with Crippen LogP contribution in [0, 0.1) is 12.7 Å². The van der Waals surface area contributed by atoms with Crippen LogP contribution in [0.5, 0.6) is 0 Å². The van der Waals surface area contributed by atoms with E-state index in [1.165, 1.54) is 18.3 Å². The van der Waals surface area contributed by atoms with Crippen molar-refractivity contribution in [1.82, 2.24) is 15.1 Å². The van der Waals surface area contributed by atoms with Gasteiger partial charge in [-0.25, -0.2) is 9.07 Å². The number of nitrogens with zero attached hydrogens (tertiary/aromatic N) is 2. The Kier molecular flexibility index (Phi) is 4.65. The van der Waals surface area contributed by atoms with Gasteiger partial charge in [0.05, 0.1) is 23.1 Å². The van der Waals surface area contributed by atoms with E-state index in [0.29, 0.717) is 28.2 Å². The lowest BCUT2D eigenvalue weighted by atomic mass is 10.1. The molecular weight excluding hydrogens is 359 g/mol. The normalized spacial score (nSPS) is 13.2. The first-order valence-electron chi connectivity index (χ1n) is 9.04. The molecule has 0 saturated heterocycles. The Hall–Kier alpha value is -3.48. The molecule has 1 aliphatic carbocycles. The SMILES string of the molecule is Cc1c(C(=O)Nc2cccc(C(=O)NC3CC3)c2)cnn1-c1ccc(F)cc1. The Bertz CT molecular complexity index is 1040. The zero-order valence-electron chi connectivity index (χ0n) is 15.3. The van der Waals surface area contributed by atoms with Crippen molar-refractivity contribution in [2.24, 2.45) is 0 Å². The molecule has 2 amide bonds. The van der Waals surface area contributed by atoms with Crippen LogP contribution in [0.2, 0.25) is 0 Å². The van der Waals surface area contributed by atoms with E-state index in [4.69, 9.17) is 0 Å². The van der Waals surface area contributed by atoms with E-state index >= 15 is 0 Å². The van der Waals surface area contributed by atoms with Gasteiger partial charge in [0, 0.05) is 17.3 Å². The second-order valence-corrected chi connectivity index (χ2v) is 6.81. The first-order chi connectivity index (χ1) is 13.5. The zero-order chi connectivity index (χ0) is 19.7. The van der Waals surface area contributed by atoms with Crippen LogP contribution in [0.3, 0.4) is 0 Å². The molecule has 6 nitrogen and oxygen atoms in total. The molecule has 2 aromatic carbocycles. The summed E-state index contributed by atoms with van der Waals surface area (Å²) in [6.07, 6.45) is 3.50. The monoisotopic (exact) mass is 378 g/mol. The largest absolute Gasteiger partial charge is 0.349 e. The first kappa shape index (κ1) is 17.9. The van der Waals surface area contributed by atoms with Crippen LogP contribution >= 0.6 is 0 Å². The minimum atomic E-state index is -0.336. The van der Waals surface area contributed by atoms with Crippen LogP contribution in [0.15, 0.2) is 54.7 Å². The summed E-state index contributed by atoms with van der Waals surface area (Å²) < 4.78 is 14.7. The highest BCUT2D eigenvalue weighted by Crippen LogP contribution is 2.21. The van der Waals surface area contributed by atoms with Gasteiger partial charge in [-0.3, -0.25) is 9.59 Å². The van der Waals surface area contributed by atoms with Crippen molar-refractivity contribution < 1.29 is 14.0 Å². The molecule has 1 aromatic heterocycles. The molecule has 1 aliphatic rings. The summed E-state index contributed by atoms with van der Waals surface area (Å²) in [5.74, 6) is -0.804. The van der Waals surface area contributed by atoms with Crippen molar-refractivity contribution in [1.29, 1.82) is 0 Å². The Morgan fingerprint density at radius 3 is 2.57 bits per heavy atom. The third-order valence-corrected chi connectivity index (χ3v) is 4.62. The van der Waals surface area contributed by atoms with E-state index < -0.39 is 0 Å². The fourth-order valence-electron chi connectivity index (χ4n) is 2.91. The molecule has 1 saturated carbocycles. The second kappa shape index (κ2) is 7.26. The third kappa shape index (κ3) is 3.78. The Labute approximate surface area is 161 Å². The number of carbonyl (C=O) groups is 2. The number of halogens is 1. The van der Waals surface area contributed by atoms with E-state index in [2.05, 4.69) is 15.7 Å². The summed E-state index contributed by atoms with van der Waals surface area (Å²) in [6.45, 7) is 1.77. The smallest absolute Gasteiger partial charge is 0.259 e. The van der Waals surface area contributed by atoms with Crippen LogP contribution in [-0.4, -0.2) is 27.6 Å². The van der Waals surface area contributed by atoms with E-state index in [0.717, 1.165) is 12.8 Å². The van der Waals surface area contributed by atoms with Gasteiger partial charge in [0.2, 0.25) is 0 Å². The summed E-state index contributed by atoms with van der Waals surface area (Å²) >= 11 is 0. The lowest BCUT2D eigenvalue weighted by molar-refractivity contribution is 0.0949. The summed E-state index contributed by atoms with van der Waals surface area (Å²) in [7, 11) is 0. The molecule has 4 rings (SSSR count). The molecule has 2 N–H and O–H groups in total. The minimum Gasteiger partial charge on any atom is -0.349 e. The first-order valence-corrected chi connectivity index (χ1v) is 9.04. The van der Waals surface area contributed by atoms with E-state index in [-0.39, 0.29) is 23.7 Å². The molecular formula is C21H19FN4O2. The van der Waals surface area contributed by atoms with Gasteiger partial charge in [-0.2, -0.15) is 5.10 Å². The molecule has 0 unspecified atom stereocenters. The quantitative estimate of drug-likeness (QED) is 0.714. The summed E-state index contributed by atoms with van der Waals surface area (Å²) in [6, 6.07) is 13.0. The van der Waals surface area contributed by atoms with Gasteiger partial charge >= 0.3 is 0 Å². The van der Waals surface area contributed by atoms with Gasteiger partial charge in [0.25, 0.3) is 11.8 Å². The van der Waals surface area contributed by atoms with Crippen molar-refractivity contribution in [3.05, 3.63) is 77.4 Å². The number of benzene rings is 2. The van der Waals surface area contributed by atoms with Gasteiger partial charge in [-0.15, -0.1) is 0 Å². The van der Waals surface area contributed by atoms with E-state index in [9.17, 15) is 14.0 Å². The van der Waals surface area contributed by atoms with Crippen molar-refractivity contribution in [3.8, 4) is 5.69 Å².